The Bertz CT molecular complexity index is 542. The largest absolute Gasteiger partial charge is 0.226 e. The summed E-state index contributed by atoms with van der Waals surface area (Å²) in [6.07, 6.45) is 1.68. The Morgan fingerprint density at radius 2 is 2.27 bits per heavy atom. The van der Waals surface area contributed by atoms with Crippen molar-refractivity contribution < 1.29 is 0 Å². The lowest BCUT2D eigenvalue weighted by Crippen LogP contribution is -1.89. The van der Waals surface area contributed by atoms with Gasteiger partial charge in [0.25, 0.3) is 0 Å². The Labute approximate surface area is 96.0 Å². The Morgan fingerprint density at radius 1 is 1.47 bits per heavy atom. The summed E-state index contributed by atoms with van der Waals surface area (Å²) in [6.45, 7) is 1.91. The zero-order valence-electron chi connectivity index (χ0n) is 7.86. The minimum absolute atomic E-state index is 0.225. The molecule has 2 aromatic heterocycles. The minimum Gasteiger partial charge on any atom is -0.226 e. The summed E-state index contributed by atoms with van der Waals surface area (Å²) >= 11 is 7.12. The molecular formula is C10H6ClN3S. The maximum Gasteiger partial charge on any atom is 0.222 e. The third-order valence-corrected chi connectivity index (χ3v) is 3.07. The van der Waals surface area contributed by atoms with Gasteiger partial charge in [-0.3, -0.25) is 0 Å². The number of hydrogen-bond donors (Lipinski definition) is 0. The van der Waals surface area contributed by atoms with Crippen molar-refractivity contribution in [2.45, 2.75) is 6.92 Å². The second kappa shape index (κ2) is 3.97. The molecule has 3 nitrogen and oxygen atoms in total. The molecular weight excluding hydrogens is 230 g/mol. The Kier molecular flexibility index (Phi) is 2.67. The highest BCUT2D eigenvalue weighted by molar-refractivity contribution is 7.16. The van der Waals surface area contributed by atoms with Gasteiger partial charge in [0.15, 0.2) is 0 Å². The zero-order chi connectivity index (χ0) is 10.8. The van der Waals surface area contributed by atoms with Crippen LogP contribution in [0.25, 0.3) is 10.6 Å². The molecule has 5 heteroatoms. The summed E-state index contributed by atoms with van der Waals surface area (Å²) < 4.78 is 0. The first-order valence-electron chi connectivity index (χ1n) is 4.20. The number of aryl methyl sites for hydroxylation is 1. The smallest absolute Gasteiger partial charge is 0.222 e. The van der Waals surface area contributed by atoms with Crippen LogP contribution in [0, 0.1) is 18.3 Å². The highest BCUT2D eigenvalue weighted by Crippen LogP contribution is 2.28. The lowest BCUT2D eigenvalue weighted by Gasteiger charge is -2.00. The average Bonchev–Trinajstić information content (AvgIpc) is 2.70. The summed E-state index contributed by atoms with van der Waals surface area (Å²) in [7, 11) is 0. The number of nitrogens with zero attached hydrogens (tertiary/aromatic N) is 3. The van der Waals surface area contributed by atoms with E-state index >= 15 is 0 Å². The molecule has 74 valence electrons. The summed E-state index contributed by atoms with van der Waals surface area (Å²) in [5, 5.41) is 8.95. The summed E-state index contributed by atoms with van der Waals surface area (Å²) in [4.78, 5) is 9.64. The van der Waals surface area contributed by atoms with Gasteiger partial charge in [-0.2, -0.15) is 5.26 Å². The number of hydrogen-bond acceptors (Lipinski definition) is 4. The van der Waals surface area contributed by atoms with E-state index in [1.54, 1.807) is 12.3 Å². The molecule has 0 atom stereocenters. The van der Waals surface area contributed by atoms with Crippen LogP contribution in [0.1, 0.15) is 10.4 Å². The molecule has 0 N–H and O–H groups in total. The molecule has 0 saturated carbocycles. The van der Waals surface area contributed by atoms with Gasteiger partial charge in [-0.05, 0) is 36.2 Å². The van der Waals surface area contributed by atoms with Gasteiger partial charge in [0.2, 0.25) is 5.28 Å². The second-order valence-electron chi connectivity index (χ2n) is 2.95. The first kappa shape index (κ1) is 10.1. The number of rotatable bonds is 1. The molecule has 2 heterocycles. The van der Waals surface area contributed by atoms with E-state index in [9.17, 15) is 0 Å². The molecule has 0 bridgehead atoms. The van der Waals surface area contributed by atoms with Gasteiger partial charge in [-0.15, -0.1) is 11.3 Å². The molecule has 0 aliphatic carbocycles. The van der Waals surface area contributed by atoms with Crippen LogP contribution in [0.15, 0.2) is 18.3 Å². The molecule has 2 rings (SSSR count). The fraction of sp³-hybridized carbons (Fsp3) is 0.100. The molecule has 2 aromatic rings. The molecule has 0 fully saturated rings. The Hall–Kier alpha value is -1.44. The van der Waals surface area contributed by atoms with Crippen LogP contribution in [0.5, 0.6) is 0 Å². The van der Waals surface area contributed by atoms with Crippen LogP contribution >= 0.6 is 22.9 Å². The first-order valence-corrected chi connectivity index (χ1v) is 5.39. The quantitative estimate of drug-likeness (QED) is 0.714. The third kappa shape index (κ3) is 1.99. The molecule has 0 radical (unpaired) electrons. The second-order valence-corrected chi connectivity index (χ2v) is 4.37. The van der Waals surface area contributed by atoms with Crippen LogP contribution in [0.4, 0.5) is 0 Å². The van der Waals surface area contributed by atoms with Crippen LogP contribution < -0.4 is 0 Å². The Morgan fingerprint density at radius 3 is 2.93 bits per heavy atom. The predicted molar refractivity (Wildman–Crippen MR) is 59.8 cm³/mol. The van der Waals surface area contributed by atoms with Gasteiger partial charge in [0, 0.05) is 6.20 Å². The maximum absolute atomic E-state index is 8.72. The van der Waals surface area contributed by atoms with Gasteiger partial charge in [-0.25, -0.2) is 9.97 Å². The average molecular weight is 236 g/mol. The van der Waals surface area contributed by atoms with Gasteiger partial charge >= 0.3 is 0 Å². The highest BCUT2D eigenvalue weighted by atomic mass is 35.5. The molecule has 0 aliphatic rings. The van der Waals surface area contributed by atoms with E-state index in [1.165, 1.54) is 11.3 Å². The van der Waals surface area contributed by atoms with E-state index in [-0.39, 0.29) is 5.28 Å². The van der Waals surface area contributed by atoms with Crippen LogP contribution in [-0.2, 0) is 0 Å². The fourth-order valence-corrected chi connectivity index (χ4v) is 2.19. The molecule has 0 spiro atoms. The minimum atomic E-state index is 0.225. The van der Waals surface area contributed by atoms with Gasteiger partial charge in [0.05, 0.1) is 10.6 Å². The first-order chi connectivity index (χ1) is 7.20. The van der Waals surface area contributed by atoms with Crippen molar-refractivity contribution in [1.82, 2.24) is 9.97 Å². The number of thiophene rings is 1. The number of halogens is 1. The molecule has 0 aromatic carbocycles. The van der Waals surface area contributed by atoms with Crippen molar-refractivity contribution in [3.8, 4) is 16.6 Å². The van der Waals surface area contributed by atoms with Crippen LogP contribution in [0.2, 0.25) is 5.28 Å². The van der Waals surface area contributed by atoms with Crippen molar-refractivity contribution in [2.75, 3.05) is 0 Å². The van der Waals surface area contributed by atoms with E-state index < -0.39 is 0 Å². The SMILES string of the molecule is Cc1cnc(Cl)nc1-c1ccc(C#N)s1. The number of aromatic nitrogens is 2. The standard InChI is InChI=1S/C10H6ClN3S/c1-6-5-13-10(11)14-9(6)8-3-2-7(4-12)15-8/h2-3,5H,1H3. The molecule has 0 unspecified atom stereocenters. The monoisotopic (exact) mass is 235 g/mol. The fourth-order valence-electron chi connectivity index (χ4n) is 1.20. The Balaban J connectivity index is 2.54. The summed E-state index contributed by atoms with van der Waals surface area (Å²) in [5.41, 5.74) is 1.74. The van der Waals surface area contributed by atoms with E-state index in [4.69, 9.17) is 16.9 Å². The van der Waals surface area contributed by atoms with Crippen molar-refractivity contribution in [1.29, 1.82) is 5.26 Å². The van der Waals surface area contributed by atoms with Crippen molar-refractivity contribution in [3.63, 3.8) is 0 Å². The van der Waals surface area contributed by atoms with Crippen molar-refractivity contribution >= 4 is 22.9 Å². The van der Waals surface area contributed by atoms with Gasteiger partial charge in [0.1, 0.15) is 10.9 Å². The van der Waals surface area contributed by atoms with E-state index in [1.807, 2.05) is 13.0 Å². The van der Waals surface area contributed by atoms with E-state index in [2.05, 4.69) is 16.0 Å². The summed E-state index contributed by atoms with van der Waals surface area (Å²) in [6, 6.07) is 5.74. The van der Waals surface area contributed by atoms with Crippen LogP contribution in [0.3, 0.4) is 0 Å². The predicted octanol–water partition coefficient (Wildman–Crippen LogP) is 3.04. The summed E-state index contributed by atoms with van der Waals surface area (Å²) in [5.74, 6) is 0. The molecule has 0 amide bonds. The van der Waals surface area contributed by atoms with Crippen LogP contribution in [-0.4, -0.2) is 9.97 Å². The van der Waals surface area contributed by atoms with Gasteiger partial charge < -0.3 is 0 Å². The number of nitriles is 1. The third-order valence-electron chi connectivity index (χ3n) is 1.89. The lowest BCUT2D eigenvalue weighted by atomic mass is 10.2. The normalized spacial score (nSPS) is 9.93. The van der Waals surface area contributed by atoms with Crippen molar-refractivity contribution in [3.05, 3.63) is 34.1 Å². The molecule has 0 saturated heterocycles. The van der Waals surface area contributed by atoms with E-state index in [0.29, 0.717) is 4.88 Å². The van der Waals surface area contributed by atoms with E-state index in [0.717, 1.165) is 16.1 Å². The van der Waals surface area contributed by atoms with Gasteiger partial charge in [-0.1, -0.05) is 0 Å². The molecule has 15 heavy (non-hydrogen) atoms. The maximum atomic E-state index is 8.72. The zero-order valence-corrected chi connectivity index (χ0v) is 9.43. The highest BCUT2D eigenvalue weighted by Gasteiger charge is 2.08. The van der Waals surface area contributed by atoms with Crippen molar-refractivity contribution in [2.24, 2.45) is 0 Å². The topological polar surface area (TPSA) is 49.6 Å². The molecule has 0 aliphatic heterocycles. The lowest BCUT2D eigenvalue weighted by molar-refractivity contribution is 1.14.